The first-order chi connectivity index (χ1) is 12.5. The Morgan fingerprint density at radius 2 is 1.93 bits per heavy atom. The van der Waals surface area contributed by atoms with Crippen LogP contribution in [-0.2, 0) is 14.2 Å². The van der Waals surface area contributed by atoms with Gasteiger partial charge in [0.15, 0.2) is 5.96 Å². The molecule has 1 saturated heterocycles. The Labute approximate surface area is 183 Å². The van der Waals surface area contributed by atoms with Crippen molar-refractivity contribution in [3.05, 3.63) is 0 Å². The summed E-state index contributed by atoms with van der Waals surface area (Å²) in [4.78, 5) is 4.83. The molecule has 6 nitrogen and oxygen atoms in total. The minimum atomic E-state index is 0. The maximum Gasteiger partial charge on any atom is 0.191 e. The average Bonchev–Trinajstić information content (AvgIpc) is 2.61. The number of guanidine groups is 1. The summed E-state index contributed by atoms with van der Waals surface area (Å²) in [5.41, 5.74) is 0.162. The zero-order valence-electron chi connectivity index (χ0n) is 18.0. The summed E-state index contributed by atoms with van der Waals surface area (Å²) < 4.78 is 16.5. The average molecular weight is 499 g/mol. The fourth-order valence-corrected chi connectivity index (χ4v) is 3.32. The fourth-order valence-electron chi connectivity index (χ4n) is 3.32. The highest BCUT2D eigenvalue weighted by atomic mass is 127. The predicted octanol–water partition coefficient (Wildman–Crippen LogP) is 3.44. The van der Waals surface area contributed by atoms with Gasteiger partial charge < -0.3 is 24.8 Å². The van der Waals surface area contributed by atoms with E-state index in [-0.39, 0.29) is 35.5 Å². The van der Waals surface area contributed by atoms with Gasteiger partial charge in [-0.1, -0.05) is 20.8 Å². The standard InChI is InChI=1S/C20H41N3O3.HI/c1-6-21-19(22-11-7-8-12-25-15-14-24-5)23-16-17-10-9-13-26-18(17)20(2,3)4;/h17-18H,6-16H2,1-5H3,(H2,21,22,23);1H. The lowest BCUT2D eigenvalue weighted by molar-refractivity contribution is -0.0823. The molecule has 0 aromatic carbocycles. The first kappa shape index (κ1) is 26.9. The number of unbranched alkanes of at least 4 members (excludes halogenated alkanes) is 1. The van der Waals surface area contributed by atoms with Crippen LogP contribution < -0.4 is 10.6 Å². The Kier molecular flexibility index (Phi) is 15.7. The molecule has 0 bridgehead atoms. The second-order valence-electron chi connectivity index (χ2n) is 8.02. The Balaban J connectivity index is 0.00000676. The minimum Gasteiger partial charge on any atom is -0.382 e. The molecule has 1 fully saturated rings. The molecule has 0 amide bonds. The van der Waals surface area contributed by atoms with E-state index < -0.39 is 0 Å². The molecule has 0 saturated carbocycles. The first-order valence-electron chi connectivity index (χ1n) is 10.2. The first-order valence-corrected chi connectivity index (χ1v) is 10.2. The van der Waals surface area contributed by atoms with Gasteiger partial charge in [-0.15, -0.1) is 24.0 Å². The summed E-state index contributed by atoms with van der Waals surface area (Å²) in [5, 5.41) is 6.78. The van der Waals surface area contributed by atoms with E-state index in [1.807, 2.05) is 0 Å². The topological polar surface area (TPSA) is 64.1 Å². The van der Waals surface area contributed by atoms with E-state index in [4.69, 9.17) is 19.2 Å². The van der Waals surface area contributed by atoms with Crippen molar-refractivity contribution in [1.29, 1.82) is 0 Å². The molecule has 0 aromatic rings. The number of hydrogen-bond acceptors (Lipinski definition) is 4. The molecular formula is C20H42IN3O3. The molecule has 1 rings (SSSR count). The van der Waals surface area contributed by atoms with Gasteiger partial charge in [-0.25, -0.2) is 0 Å². The van der Waals surface area contributed by atoms with Crippen LogP contribution in [0.4, 0.5) is 0 Å². The van der Waals surface area contributed by atoms with Crippen molar-refractivity contribution in [2.75, 3.05) is 53.2 Å². The van der Waals surface area contributed by atoms with Crippen LogP contribution in [0.2, 0.25) is 0 Å². The van der Waals surface area contributed by atoms with Crippen LogP contribution in [0.1, 0.15) is 53.4 Å². The Bertz CT molecular complexity index is 389. The van der Waals surface area contributed by atoms with Crippen LogP contribution in [0.5, 0.6) is 0 Å². The number of halogens is 1. The number of aliphatic imine (C=N–C) groups is 1. The Morgan fingerprint density at radius 3 is 2.59 bits per heavy atom. The third kappa shape index (κ3) is 12.1. The van der Waals surface area contributed by atoms with Gasteiger partial charge in [0, 0.05) is 45.9 Å². The zero-order valence-corrected chi connectivity index (χ0v) is 20.3. The number of nitrogens with zero attached hydrogens (tertiary/aromatic N) is 1. The molecule has 2 atom stereocenters. The fraction of sp³-hybridized carbons (Fsp3) is 0.950. The summed E-state index contributed by atoms with van der Waals surface area (Å²) in [6.45, 7) is 14.5. The summed E-state index contributed by atoms with van der Waals surface area (Å²) in [6, 6.07) is 0. The highest BCUT2D eigenvalue weighted by Gasteiger charge is 2.35. The number of hydrogen-bond donors (Lipinski definition) is 2. The second kappa shape index (κ2) is 15.8. The van der Waals surface area contributed by atoms with Crippen LogP contribution in [0.15, 0.2) is 4.99 Å². The number of rotatable bonds is 11. The SMILES string of the molecule is CCNC(=NCC1CCCOC1C(C)(C)C)NCCCCOCCOC.I. The molecule has 27 heavy (non-hydrogen) atoms. The van der Waals surface area contributed by atoms with Crippen molar-refractivity contribution in [2.45, 2.75) is 59.5 Å². The van der Waals surface area contributed by atoms with Crippen molar-refractivity contribution in [3.8, 4) is 0 Å². The van der Waals surface area contributed by atoms with Gasteiger partial charge in [-0.05, 0) is 38.0 Å². The van der Waals surface area contributed by atoms with Crippen LogP contribution in [0.25, 0.3) is 0 Å². The monoisotopic (exact) mass is 499 g/mol. The maximum absolute atomic E-state index is 6.07. The number of methoxy groups -OCH3 is 1. The Morgan fingerprint density at radius 1 is 1.15 bits per heavy atom. The summed E-state index contributed by atoms with van der Waals surface area (Å²) in [5.74, 6) is 1.40. The van der Waals surface area contributed by atoms with E-state index in [1.54, 1.807) is 7.11 Å². The van der Waals surface area contributed by atoms with Crippen molar-refractivity contribution in [2.24, 2.45) is 16.3 Å². The van der Waals surface area contributed by atoms with Gasteiger partial charge in [-0.3, -0.25) is 4.99 Å². The largest absolute Gasteiger partial charge is 0.382 e. The molecule has 0 aromatic heterocycles. The van der Waals surface area contributed by atoms with Crippen LogP contribution in [0.3, 0.4) is 0 Å². The zero-order chi connectivity index (χ0) is 19.3. The normalized spacial score (nSPS) is 20.9. The van der Waals surface area contributed by atoms with Crippen molar-refractivity contribution in [1.82, 2.24) is 10.6 Å². The lowest BCUT2D eigenvalue weighted by Gasteiger charge is -2.39. The minimum absolute atomic E-state index is 0. The van der Waals surface area contributed by atoms with E-state index in [0.29, 0.717) is 19.1 Å². The van der Waals surface area contributed by atoms with Crippen LogP contribution >= 0.6 is 24.0 Å². The molecule has 0 radical (unpaired) electrons. The third-order valence-corrected chi connectivity index (χ3v) is 4.57. The van der Waals surface area contributed by atoms with Gasteiger partial charge in [0.05, 0.1) is 19.3 Å². The molecule has 162 valence electrons. The highest BCUT2D eigenvalue weighted by Crippen LogP contribution is 2.34. The molecule has 0 aliphatic carbocycles. The molecule has 2 N–H and O–H groups in total. The number of nitrogens with one attached hydrogen (secondary N) is 2. The molecule has 0 spiro atoms. The highest BCUT2D eigenvalue weighted by molar-refractivity contribution is 14.0. The van der Waals surface area contributed by atoms with Crippen molar-refractivity contribution in [3.63, 3.8) is 0 Å². The van der Waals surface area contributed by atoms with Crippen molar-refractivity contribution < 1.29 is 14.2 Å². The molecule has 1 aliphatic heterocycles. The summed E-state index contributed by atoms with van der Waals surface area (Å²) in [6.07, 6.45) is 4.73. The van der Waals surface area contributed by atoms with E-state index in [9.17, 15) is 0 Å². The van der Waals surface area contributed by atoms with Gasteiger partial charge in [0.1, 0.15) is 0 Å². The van der Waals surface area contributed by atoms with Gasteiger partial charge in [0.25, 0.3) is 0 Å². The maximum atomic E-state index is 6.07. The summed E-state index contributed by atoms with van der Waals surface area (Å²) in [7, 11) is 1.69. The van der Waals surface area contributed by atoms with Crippen LogP contribution in [0, 0.1) is 11.3 Å². The van der Waals surface area contributed by atoms with E-state index in [0.717, 1.165) is 58.1 Å². The lowest BCUT2D eigenvalue weighted by Crippen LogP contribution is -2.43. The third-order valence-electron chi connectivity index (χ3n) is 4.57. The van der Waals surface area contributed by atoms with Crippen molar-refractivity contribution >= 4 is 29.9 Å². The second-order valence-corrected chi connectivity index (χ2v) is 8.02. The van der Waals surface area contributed by atoms with Gasteiger partial charge >= 0.3 is 0 Å². The molecule has 1 heterocycles. The van der Waals surface area contributed by atoms with E-state index >= 15 is 0 Å². The molecular weight excluding hydrogens is 457 g/mol. The summed E-state index contributed by atoms with van der Waals surface area (Å²) >= 11 is 0. The van der Waals surface area contributed by atoms with Gasteiger partial charge in [-0.2, -0.15) is 0 Å². The van der Waals surface area contributed by atoms with E-state index in [1.165, 1.54) is 6.42 Å². The van der Waals surface area contributed by atoms with Gasteiger partial charge in [0.2, 0.25) is 0 Å². The molecule has 2 unspecified atom stereocenters. The lowest BCUT2D eigenvalue weighted by atomic mass is 9.78. The Hall–Kier alpha value is -0.120. The van der Waals surface area contributed by atoms with E-state index in [2.05, 4.69) is 38.3 Å². The number of ether oxygens (including phenoxy) is 3. The molecule has 7 heteroatoms. The predicted molar refractivity (Wildman–Crippen MR) is 123 cm³/mol. The molecule has 1 aliphatic rings. The smallest absolute Gasteiger partial charge is 0.191 e. The van der Waals surface area contributed by atoms with Crippen LogP contribution in [-0.4, -0.2) is 65.2 Å². The quantitative estimate of drug-likeness (QED) is 0.197.